The summed E-state index contributed by atoms with van der Waals surface area (Å²) >= 11 is 0. The number of esters is 1. The van der Waals surface area contributed by atoms with Gasteiger partial charge in [0.1, 0.15) is 6.10 Å². The third-order valence-corrected chi connectivity index (χ3v) is 3.28. The fraction of sp³-hybridized carbons (Fsp3) is 0.875. The number of carboxylic acids is 1. The van der Waals surface area contributed by atoms with Gasteiger partial charge in [-0.05, 0) is 19.3 Å². The summed E-state index contributed by atoms with van der Waals surface area (Å²) in [6.07, 6.45) is 9.49. The van der Waals surface area contributed by atoms with E-state index in [4.69, 9.17) is 9.84 Å². The van der Waals surface area contributed by atoms with Crippen LogP contribution >= 0.6 is 0 Å². The molecule has 0 aliphatic rings. The largest absolute Gasteiger partial charge is 0.481 e. The van der Waals surface area contributed by atoms with Gasteiger partial charge < -0.3 is 9.84 Å². The molecule has 1 unspecified atom stereocenters. The van der Waals surface area contributed by atoms with E-state index in [1.807, 2.05) is 6.92 Å². The van der Waals surface area contributed by atoms with E-state index in [2.05, 4.69) is 6.92 Å². The number of hydrogen-bond donors (Lipinski definition) is 1. The van der Waals surface area contributed by atoms with Crippen LogP contribution in [0.3, 0.4) is 0 Å². The van der Waals surface area contributed by atoms with Crippen molar-refractivity contribution < 1.29 is 19.4 Å². The van der Waals surface area contributed by atoms with Crippen molar-refractivity contribution in [3.05, 3.63) is 0 Å². The first kappa shape index (κ1) is 18.9. The highest BCUT2D eigenvalue weighted by Gasteiger charge is 2.17. The van der Waals surface area contributed by atoms with Gasteiger partial charge in [0.2, 0.25) is 0 Å². The van der Waals surface area contributed by atoms with Gasteiger partial charge in [0, 0.05) is 6.42 Å². The van der Waals surface area contributed by atoms with Crippen LogP contribution in [0.1, 0.15) is 84.5 Å². The summed E-state index contributed by atoms with van der Waals surface area (Å²) in [6.45, 7) is 4.10. The Morgan fingerprint density at radius 3 is 2.10 bits per heavy atom. The number of carboxylic acid groups (broad SMARTS) is 1. The van der Waals surface area contributed by atoms with Crippen molar-refractivity contribution >= 4 is 11.9 Å². The summed E-state index contributed by atoms with van der Waals surface area (Å²) in [5, 5.41) is 8.84. The number of unbranched alkanes of at least 4 members (excludes halogenated alkanes) is 6. The second-order valence-electron chi connectivity index (χ2n) is 5.37. The molecule has 118 valence electrons. The van der Waals surface area contributed by atoms with Gasteiger partial charge in [-0.2, -0.15) is 0 Å². The van der Waals surface area contributed by atoms with E-state index >= 15 is 0 Å². The summed E-state index contributed by atoms with van der Waals surface area (Å²) < 4.78 is 5.23. The first-order valence-electron chi connectivity index (χ1n) is 8.01. The third-order valence-electron chi connectivity index (χ3n) is 3.28. The van der Waals surface area contributed by atoms with Gasteiger partial charge in [0.25, 0.3) is 0 Å². The summed E-state index contributed by atoms with van der Waals surface area (Å²) in [4.78, 5) is 22.2. The lowest BCUT2D eigenvalue weighted by atomic mass is 10.0. The second kappa shape index (κ2) is 12.9. The van der Waals surface area contributed by atoms with Gasteiger partial charge in [0.15, 0.2) is 0 Å². The van der Waals surface area contributed by atoms with Gasteiger partial charge in [-0.25, -0.2) is 0 Å². The van der Waals surface area contributed by atoms with Crippen molar-refractivity contribution in [3.63, 3.8) is 0 Å². The van der Waals surface area contributed by atoms with Crippen molar-refractivity contribution in [2.75, 3.05) is 0 Å². The van der Waals surface area contributed by atoms with Crippen molar-refractivity contribution in [3.8, 4) is 0 Å². The number of carbonyl (C=O) groups is 2. The molecule has 0 rings (SSSR count). The highest BCUT2D eigenvalue weighted by atomic mass is 16.5. The molecule has 4 nitrogen and oxygen atoms in total. The molecule has 0 bridgehead atoms. The summed E-state index contributed by atoms with van der Waals surface area (Å²) in [5.41, 5.74) is 0. The molecule has 20 heavy (non-hydrogen) atoms. The molecule has 0 spiro atoms. The van der Waals surface area contributed by atoms with Crippen LogP contribution in [0.25, 0.3) is 0 Å². The zero-order chi connectivity index (χ0) is 15.2. The number of aliphatic carboxylic acids is 1. The average Bonchev–Trinajstić information content (AvgIpc) is 2.37. The first-order chi connectivity index (χ1) is 9.60. The number of rotatable bonds is 13. The molecule has 0 aromatic heterocycles. The first-order valence-corrected chi connectivity index (χ1v) is 8.01. The average molecular weight is 286 g/mol. The highest BCUT2D eigenvalue weighted by molar-refractivity contribution is 5.71. The topological polar surface area (TPSA) is 63.6 Å². The van der Waals surface area contributed by atoms with Crippen LogP contribution in [0.15, 0.2) is 0 Å². The maximum atomic E-state index is 11.4. The fourth-order valence-corrected chi connectivity index (χ4v) is 2.18. The van der Waals surface area contributed by atoms with E-state index in [9.17, 15) is 9.59 Å². The van der Waals surface area contributed by atoms with Gasteiger partial charge in [-0.3, -0.25) is 9.59 Å². The minimum absolute atomic E-state index is 0.0781. The Bertz CT molecular complexity index is 263. The van der Waals surface area contributed by atoms with E-state index in [0.29, 0.717) is 12.8 Å². The van der Waals surface area contributed by atoms with Crippen LogP contribution in [0.5, 0.6) is 0 Å². The molecule has 1 atom stereocenters. The molecule has 0 saturated heterocycles. The van der Waals surface area contributed by atoms with E-state index < -0.39 is 12.1 Å². The normalized spacial score (nSPS) is 12.1. The summed E-state index contributed by atoms with van der Waals surface area (Å²) in [5.74, 6) is -1.18. The lowest BCUT2D eigenvalue weighted by molar-refractivity contribution is -0.153. The van der Waals surface area contributed by atoms with Crippen molar-refractivity contribution in [1.82, 2.24) is 0 Å². The Labute approximate surface area is 122 Å². The fourth-order valence-electron chi connectivity index (χ4n) is 2.18. The molecule has 0 aliphatic heterocycles. The van der Waals surface area contributed by atoms with Gasteiger partial charge in [-0.1, -0.05) is 52.4 Å². The Hall–Kier alpha value is -1.06. The van der Waals surface area contributed by atoms with E-state index in [1.54, 1.807) is 0 Å². The van der Waals surface area contributed by atoms with Gasteiger partial charge in [-0.15, -0.1) is 0 Å². The SMILES string of the molecule is CCCCCCCCCC(CC(=O)O)OC(=O)CCC. The van der Waals surface area contributed by atoms with Crippen LogP contribution < -0.4 is 0 Å². The molecule has 0 saturated carbocycles. The Balaban J connectivity index is 3.80. The van der Waals surface area contributed by atoms with Crippen LogP contribution in [0, 0.1) is 0 Å². The summed E-state index contributed by atoms with van der Waals surface area (Å²) in [7, 11) is 0. The van der Waals surface area contributed by atoms with Gasteiger partial charge in [0.05, 0.1) is 6.42 Å². The molecule has 0 amide bonds. The van der Waals surface area contributed by atoms with Crippen molar-refractivity contribution in [1.29, 1.82) is 0 Å². The summed E-state index contributed by atoms with van der Waals surface area (Å²) in [6, 6.07) is 0. The van der Waals surface area contributed by atoms with Crippen LogP contribution in [0.2, 0.25) is 0 Å². The molecular formula is C16H30O4. The second-order valence-corrected chi connectivity index (χ2v) is 5.37. The molecule has 1 N–H and O–H groups in total. The minimum Gasteiger partial charge on any atom is -0.481 e. The Morgan fingerprint density at radius 1 is 0.950 bits per heavy atom. The third kappa shape index (κ3) is 12.0. The van der Waals surface area contributed by atoms with Crippen LogP contribution in [0.4, 0.5) is 0 Å². The van der Waals surface area contributed by atoms with E-state index in [-0.39, 0.29) is 12.4 Å². The molecule has 4 heteroatoms. The molecular weight excluding hydrogens is 256 g/mol. The predicted octanol–water partition coefficient (Wildman–Crippen LogP) is 4.31. The number of hydrogen-bond acceptors (Lipinski definition) is 3. The smallest absolute Gasteiger partial charge is 0.307 e. The predicted molar refractivity (Wildman–Crippen MR) is 79.7 cm³/mol. The standard InChI is InChI=1S/C16H30O4/c1-3-5-6-7-8-9-10-12-14(13-15(17)18)20-16(19)11-4-2/h14H,3-13H2,1-2H3,(H,17,18). The highest BCUT2D eigenvalue weighted by Crippen LogP contribution is 2.14. The Kier molecular flexibility index (Phi) is 12.3. The lowest BCUT2D eigenvalue weighted by Crippen LogP contribution is -2.21. The lowest BCUT2D eigenvalue weighted by Gasteiger charge is -2.16. The molecule has 0 aromatic rings. The molecule has 0 aromatic carbocycles. The van der Waals surface area contributed by atoms with E-state index in [0.717, 1.165) is 19.3 Å². The monoisotopic (exact) mass is 286 g/mol. The molecule has 0 radical (unpaired) electrons. The van der Waals surface area contributed by atoms with Crippen molar-refractivity contribution in [2.45, 2.75) is 90.6 Å². The molecule has 0 fully saturated rings. The number of ether oxygens (including phenoxy) is 1. The van der Waals surface area contributed by atoms with Gasteiger partial charge >= 0.3 is 11.9 Å². The minimum atomic E-state index is -0.901. The molecule has 0 aliphatic carbocycles. The zero-order valence-electron chi connectivity index (χ0n) is 13.0. The molecule has 0 heterocycles. The van der Waals surface area contributed by atoms with E-state index in [1.165, 1.54) is 32.1 Å². The van der Waals surface area contributed by atoms with Crippen LogP contribution in [-0.4, -0.2) is 23.1 Å². The zero-order valence-corrected chi connectivity index (χ0v) is 13.0. The van der Waals surface area contributed by atoms with Crippen molar-refractivity contribution in [2.24, 2.45) is 0 Å². The maximum absolute atomic E-state index is 11.4. The maximum Gasteiger partial charge on any atom is 0.307 e. The van der Waals surface area contributed by atoms with Crippen LogP contribution in [-0.2, 0) is 14.3 Å². The quantitative estimate of drug-likeness (QED) is 0.404. The number of carbonyl (C=O) groups excluding carboxylic acids is 1. The Morgan fingerprint density at radius 2 is 1.55 bits per heavy atom.